The van der Waals surface area contributed by atoms with Crippen LogP contribution in [0.4, 0.5) is 0 Å². The Balaban J connectivity index is 1.49. The van der Waals surface area contributed by atoms with Crippen molar-refractivity contribution in [3.05, 3.63) is 73.7 Å². The van der Waals surface area contributed by atoms with Crippen molar-refractivity contribution in [2.75, 3.05) is 20.1 Å². The minimum absolute atomic E-state index is 0.157. The van der Waals surface area contributed by atoms with Crippen LogP contribution in [0.1, 0.15) is 18.9 Å². The van der Waals surface area contributed by atoms with Gasteiger partial charge in [-0.05, 0) is 51.2 Å². The first-order valence-electron chi connectivity index (χ1n) is 11.6. The Kier molecular flexibility index (Phi) is 5.51. The normalized spacial score (nSPS) is 15.3. The molecule has 0 atom stereocenters. The van der Waals surface area contributed by atoms with Gasteiger partial charge in [0.05, 0.1) is 44.6 Å². The topological polar surface area (TPSA) is 93.7 Å². The standard InChI is InChI=1S/C25H23Cl2N7O2/c1-31-8-6-15(7-9-31)33-13-14(11-29-33)20-10-16-21-17(12-28-23(16)30-20)24(35)34(25(36)32(21)2)22-18(26)4-3-5-19(22)27/h3-5,10-13,15H,6-9H2,1-2H3,(H,28,30). The van der Waals surface area contributed by atoms with E-state index in [1.165, 1.54) is 10.8 Å². The van der Waals surface area contributed by atoms with Gasteiger partial charge in [0.15, 0.2) is 0 Å². The van der Waals surface area contributed by atoms with E-state index in [0.29, 0.717) is 22.6 Å². The van der Waals surface area contributed by atoms with Gasteiger partial charge in [-0.25, -0.2) is 14.3 Å². The first-order chi connectivity index (χ1) is 17.3. The molecular weight excluding hydrogens is 501 g/mol. The van der Waals surface area contributed by atoms with Crippen LogP contribution in [0.15, 0.2) is 52.4 Å². The summed E-state index contributed by atoms with van der Waals surface area (Å²) in [6.07, 6.45) is 7.45. The van der Waals surface area contributed by atoms with E-state index in [0.717, 1.165) is 41.8 Å². The van der Waals surface area contributed by atoms with Crippen LogP contribution in [0.2, 0.25) is 10.0 Å². The second-order valence-corrected chi connectivity index (χ2v) is 10.1. The van der Waals surface area contributed by atoms with Gasteiger partial charge >= 0.3 is 5.69 Å². The molecule has 1 aliphatic heterocycles. The summed E-state index contributed by atoms with van der Waals surface area (Å²) in [5, 5.41) is 5.98. The molecule has 1 saturated heterocycles. The maximum atomic E-state index is 13.5. The van der Waals surface area contributed by atoms with E-state index >= 15 is 0 Å². The number of likely N-dealkylation sites (tertiary alicyclic amines) is 1. The lowest BCUT2D eigenvalue weighted by atomic mass is 10.1. The van der Waals surface area contributed by atoms with Gasteiger partial charge in [-0.15, -0.1) is 0 Å². The first-order valence-corrected chi connectivity index (χ1v) is 12.4. The molecule has 1 aromatic carbocycles. The molecule has 1 N–H and O–H groups in total. The molecule has 0 unspecified atom stereocenters. The fraction of sp³-hybridized carbons (Fsp3) is 0.280. The number of nitrogens with one attached hydrogen (secondary N) is 1. The fourth-order valence-electron chi connectivity index (χ4n) is 5.02. The predicted molar refractivity (Wildman–Crippen MR) is 141 cm³/mol. The average Bonchev–Trinajstić information content (AvgIpc) is 3.52. The van der Waals surface area contributed by atoms with Gasteiger partial charge < -0.3 is 9.88 Å². The number of H-pyrrole nitrogens is 1. The minimum Gasteiger partial charge on any atom is -0.339 e. The van der Waals surface area contributed by atoms with E-state index in [4.69, 9.17) is 23.2 Å². The molecule has 1 fully saturated rings. The maximum absolute atomic E-state index is 13.5. The van der Waals surface area contributed by atoms with Gasteiger partial charge in [0.1, 0.15) is 5.65 Å². The quantitative estimate of drug-likeness (QED) is 0.385. The highest BCUT2D eigenvalue weighted by molar-refractivity contribution is 6.37. The molecule has 9 nitrogen and oxygen atoms in total. The van der Waals surface area contributed by atoms with Crippen molar-refractivity contribution >= 4 is 45.1 Å². The smallest absolute Gasteiger partial charge is 0.335 e. The zero-order valence-electron chi connectivity index (χ0n) is 19.7. The summed E-state index contributed by atoms with van der Waals surface area (Å²) < 4.78 is 4.46. The van der Waals surface area contributed by atoms with Crippen LogP contribution in [-0.4, -0.2) is 53.9 Å². The summed E-state index contributed by atoms with van der Waals surface area (Å²) >= 11 is 12.6. The second kappa shape index (κ2) is 8.62. The van der Waals surface area contributed by atoms with Crippen molar-refractivity contribution in [1.82, 2.24) is 33.8 Å². The summed E-state index contributed by atoms with van der Waals surface area (Å²) in [5.74, 6) is 0. The Hall–Kier alpha value is -3.40. The van der Waals surface area contributed by atoms with Crippen LogP contribution in [0, 0.1) is 0 Å². The molecule has 0 saturated carbocycles. The number of nitrogens with zero attached hydrogens (tertiary/aromatic N) is 6. The molecule has 5 heterocycles. The minimum atomic E-state index is -0.548. The van der Waals surface area contributed by atoms with E-state index in [-0.39, 0.29) is 21.1 Å². The van der Waals surface area contributed by atoms with E-state index in [9.17, 15) is 9.59 Å². The van der Waals surface area contributed by atoms with Gasteiger partial charge in [0.25, 0.3) is 5.56 Å². The fourth-order valence-corrected chi connectivity index (χ4v) is 5.59. The Morgan fingerprint density at radius 1 is 1.03 bits per heavy atom. The van der Waals surface area contributed by atoms with Gasteiger partial charge in [0.2, 0.25) is 0 Å². The summed E-state index contributed by atoms with van der Waals surface area (Å²) in [6, 6.07) is 7.11. The number of benzene rings is 1. The van der Waals surface area contributed by atoms with Crippen molar-refractivity contribution in [2.24, 2.45) is 7.05 Å². The lowest BCUT2D eigenvalue weighted by Crippen LogP contribution is -2.38. The molecule has 5 aromatic rings. The van der Waals surface area contributed by atoms with Crippen molar-refractivity contribution < 1.29 is 0 Å². The number of aromatic amines is 1. The van der Waals surface area contributed by atoms with E-state index in [2.05, 4.69) is 27.0 Å². The molecular formula is C25H23Cl2N7O2. The highest BCUT2D eigenvalue weighted by Crippen LogP contribution is 2.30. The number of para-hydroxylation sites is 1. The molecule has 0 spiro atoms. The predicted octanol–water partition coefficient (Wildman–Crippen LogP) is 4.00. The van der Waals surface area contributed by atoms with Crippen molar-refractivity contribution in [3.8, 4) is 16.9 Å². The molecule has 36 heavy (non-hydrogen) atoms. The molecule has 0 amide bonds. The summed E-state index contributed by atoms with van der Waals surface area (Å²) in [5.41, 5.74) is 1.87. The number of aromatic nitrogens is 6. The number of pyridine rings is 1. The number of aryl methyl sites for hydroxylation is 1. The molecule has 184 valence electrons. The lowest BCUT2D eigenvalue weighted by Gasteiger charge is -2.28. The maximum Gasteiger partial charge on any atom is 0.335 e. The molecule has 11 heteroatoms. The SMILES string of the molecule is CN1CCC(n2cc(-c3cc4c(ncc5c(=O)n(-c6c(Cl)cccc6Cl)c(=O)n(C)c54)[nH]3)cn2)CC1. The van der Waals surface area contributed by atoms with Crippen LogP contribution in [0.5, 0.6) is 0 Å². The zero-order chi connectivity index (χ0) is 25.1. The van der Waals surface area contributed by atoms with Gasteiger partial charge in [0, 0.05) is 30.4 Å². The largest absolute Gasteiger partial charge is 0.339 e. The number of fused-ring (bicyclic) bond motifs is 3. The van der Waals surface area contributed by atoms with E-state index in [1.54, 1.807) is 25.2 Å². The van der Waals surface area contributed by atoms with Crippen molar-refractivity contribution in [3.63, 3.8) is 0 Å². The van der Waals surface area contributed by atoms with Gasteiger partial charge in [-0.3, -0.25) is 14.0 Å². The summed E-state index contributed by atoms with van der Waals surface area (Å²) in [4.78, 5) is 37.0. The first kappa shape index (κ1) is 23.0. The highest BCUT2D eigenvalue weighted by Gasteiger charge is 2.22. The average molecular weight is 524 g/mol. The number of hydrogen-bond donors (Lipinski definition) is 1. The Bertz CT molecular complexity index is 1740. The number of rotatable bonds is 3. The van der Waals surface area contributed by atoms with Crippen LogP contribution in [0.3, 0.4) is 0 Å². The second-order valence-electron chi connectivity index (χ2n) is 9.26. The molecule has 6 rings (SSSR count). The number of piperidine rings is 1. The van der Waals surface area contributed by atoms with Crippen LogP contribution in [-0.2, 0) is 7.05 Å². The summed E-state index contributed by atoms with van der Waals surface area (Å²) in [7, 11) is 3.76. The number of halogens is 2. The molecule has 0 radical (unpaired) electrons. The van der Waals surface area contributed by atoms with Crippen LogP contribution >= 0.6 is 23.2 Å². The molecule has 0 bridgehead atoms. The van der Waals surface area contributed by atoms with E-state index in [1.807, 2.05) is 23.1 Å². The third-order valence-electron chi connectivity index (χ3n) is 7.01. The third kappa shape index (κ3) is 3.57. The molecule has 1 aliphatic rings. The Morgan fingerprint density at radius 3 is 2.47 bits per heavy atom. The van der Waals surface area contributed by atoms with E-state index < -0.39 is 11.2 Å². The highest BCUT2D eigenvalue weighted by atomic mass is 35.5. The molecule has 0 aliphatic carbocycles. The van der Waals surface area contributed by atoms with Gasteiger partial charge in [-0.1, -0.05) is 29.3 Å². The van der Waals surface area contributed by atoms with Crippen molar-refractivity contribution in [2.45, 2.75) is 18.9 Å². The third-order valence-corrected chi connectivity index (χ3v) is 7.62. The van der Waals surface area contributed by atoms with Crippen LogP contribution < -0.4 is 11.2 Å². The van der Waals surface area contributed by atoms with Gasteiger partial charge in [-0.2, -0.15) is 5.10 Å². The monoisotopic (exact) mass is 523 g/mol. The Labute approximate surface area is 215 Å². The Morgan fingerprint density at radius 2 is 1.75 bits per heavy atom. The zero-order valence-corrected chi connectivity index (χ0v) is 21.2. The lowest BCUT2D eigenvalue weighted by molar-refractivity contribution is 0.212. The summed E-state index contributed by atoms with van der Waals surface area (Å²) in [6.45, 7) is 2.10. The van der Waals surface area contributed by atoms with Crippen LogP contribution in [0.25, 0.3) is 38.9 Å². The molecule has 4 aromatic heterocycles. The number of hydrogen-bond acceptors (Lipinski definition) is 5. The van der Waals surface area contributed by atoms with Crippen molar-refractivity contribution in [1.29, 1.82) is 0 Å².